The first-order chi connectivity index (χ1) is 9.33. The number of carbonyl (C=O) groups excluding carboxylic acids is 1. The molecule has 0 aliphatic heterocycles. The van der Waals surface area contributed by atoms with Crippen LogP contribution in [0.1, 0.15) is 25.2 Å². The lowest BCUT2D eigenvalue weighted by molar-refractivity contribution is -0.150. The van der Waals surface area contributed by atoms with Crippen LogP contribution in [0.2, 0.25) is 0 Å². The average Bonchev–Trinajstić information content (AvgIpc) is 2.38. The number of fused-ring (bicyclic) bond motifs is 1. The smallest absolute Gasteiger partial charge is 0.311 e. The number of hydrogen-bond donors (Lipinski definition) is 1. The first-order valence-corrected chi connectivity index (χ1v) is 6.41. The number of carbonyl (C=O) groups is 1. The normalized spacial score (nSPS) is 11.6. The van der Waals surface area contributed by atoms with E-state index in [1.165, 1.54) is 7.11 Å². The number of nitrogens with zero attached hydrogens (tertiary/aromatic N) is 1. The van der Waals surface area contributed by atoms with Crippen molar-refractivity contribution in [3.8, 4) is 0 Å². The number of aromatic amines is 1. The molecule has 0 atom stereocenters. The van der Waals surface area contributed by atoms with Crippen molar-refractivity contribution in [3.05, 3.63) is 39.9 Å². The molecule has 1 aromatic carbocycles. The number of aryl methyl sites for hydroxylation is 1. The molecule has 2 aromatic rings. The molecule has 1 heterocycles. The maximum Gasteiger partial charge on any atom is 0.311 e. The molecule has 0 fully saturated rings. The first-order valence-electron chi connectivity index (χ1n) is 6.41. The third kappa shape index (κ3) is 2.71. The number of esters is 1. The SMILES string of the molecule is COC(=O)C(C)(C)Cc1ccc2nc(C)[nH]c(=O)c2c1. The van der Waals surface area contributed by atoms with Crippen molar-refractivity contribution in [2.75, 3.05) is 7.11 Å². The van der Waals surface area contributed by atoms with Gasteiger partial charge >= 0.3 is 5.97 Å². The summed E-state index contributed by atoms with van der Waals surface area (Å²) in [6.45, 7) is 5.39. The fraction of sp³-hybridized carbons (Fsp3) is 0.400. The molecule has 0 spiro atoms. The van der Waals surface area contributed by atoms with Gasteiger partial charge in [0.05, 0.1) is 23.4 Å². The first kappa shape index (κ1) is 14.2. The van der Waals surface area contributed by atoms with Gasteiger partial charge in [-0.05, 0) is 44.9 Å². The lowest BCUT2D eigenvalue weighted by atomic mass is 9.85. The van der Waals surface area contributed by atoms with Crippen LogP contribution in [0, 0.1) is 12.3 Å². The highest BCUT2D eigenvalue weighted by Gasteiger charge is 2.29. The fourth-order valence-corrected chi connectivity index (χ4v) is 2.27. The quantitative estimate of drug-likeness (QED) is 0.869. The number of nitrogens with one attached hydrogen (secondary N) is 1. The Morgan fingerprint density at radius 1 is 1.40 bits per heavy atom. The summed E-state index contributed by atoms with van der Waals surface area (Å²) in [6, 6.07) is 5.48. The third-order valence-electron chi connectivity index (χ3n) is 3.27. The van der Waals surface area contributed by atoms with E-state index in [0.29, 0.717) is 23.1 Å². The molecule has 0 saturated carbocycles. The summed E-state index contributed by atoms with van der Waals surface area (Å²) in [5.74, 6) is 0.318. The van der Waals surface area contributed by atoms with E-state index < -0.39 is 5.41 Å². The molecule has 0 unspecified atom stereocenters. The molecule has 0 saturated heterocycles. The Morgan fingerprint density at radius 3 is 2.75 bits per heavy atom. The van der Waals surface area contributed by atoms with E-state index in [0.717, 1.165) is 5.56 Å². The zero-order valence-corrected chi connectivity index (χ0v) is 12.1. The van der Waals surface area contributed by atoms with Crippen LogP contribution in [-0.4, -0.2) is 23.0 Å². The van der Waals surface area contributed by atoms with Gasteiger partial charge in [0.1, 0.15) is 5.82 Å². The topological polar surface area (TPSA) is 72.0 Å². The zero-order chi connectivity index (χ0) is 14.9. The van der Waals surface area contributed by atoms with Crippen LogP contribution in [0.25, 0.3) is 10.9 Å². The number of methoxy groups -OCH3 is 1. The van der Waals surface area contributed by atoms with Gasteiger partial charge < -0.3 is 9.72 Å². The highest BCUT2D eigenvalue weighted by atomic mass is 16.5. The van der Waals surface area contributed by atoms with E-state index in [4.69, 9.17) is 4.74 Å². The van der Waals surface area contributed by atoms with Crippen molar-refractivity contribution < 1.29 is 9.53 Å². The van der Waals surface area contributed by atoms with E-state index >= 15 is 0 Å². The van der Waals surface area contributed by atoms with Crippen LogP contribution in [0.5, 0.6) is 0 Å². The predicted molar refractivity (Wildman–Crippen MR) is 76.6 cm³/mol. The Hall–Kier alpha value is -2.17. The van der Waals surface area contributed by atoms with E-state index in [1.54, 1.807) is 19.1 Å². The van der Waals surface area contributed by atoms with Gasteiger partial charge in [-0.2, -0.15) is 0 Å². The van der Waals surface area contributed by atoms with Gasteiger partial charge in [-0.3, -0.25) is 9.59 Å². The highest BCUT2D eigenvalue weighted by Crippen LogP contribution is 2.24. The zero-order valence-electron chi connectivity index (χ0n) is 12.1. The van der Waals surface area contributed by atoms with Crippen LogP contribution in [0.15, 0.2) is 23.0 Å². The van der Waals surface area contributed by atoms with Crippen molar-refractivity contribution in [2.45, 2.75) is 27.2 Å². The molecule has 1 aromatic heterocycles. The van der Waals surface area contributed by atoms with Gasteiger partial charge in [0.2, 0.25) is 0 Å². The summed E-state index contributed by atoms with van der Waals surface area (Å²) in [4.78, 5) is 30.6. The summed E-state index contributed by atoms with van der Waals surface area (Å²) in [7, 11) is 1.38. The molecule has 2 rings (SSSR count). The Bertz CT molecular complexity index is 717. The van der Waals surface area contributed by atoms with Crippen molar-refractivity contribution in [3.63, 3.8) is 0 Å². The maximum absolute atomic E-state index is 11.9. The maximum atomic E-state index is 11.9. The second kappa shape index (κ2) is 5.07. The summed E-state index contributed by atoms with van der Waals surface area (Å²) in [6.07, 6.45) is 0.503. The second-order valence-electron chi connectivity index (χ2n) is 5.56. The Labute approximate surface area is 117 Å². The second-order valence-corrected chi connectivity index (χ2v) is 5.56. The van der Waals surface area contributed by atoms with Crippen molar-refractivity contribution in [1.82, 2.24) is 9.97 Å². The van der Waals surface area contributed by atoms with Gasteiger partial charge in [0.15, 0.2) is 0 Å². The molecule has 1 N–H and O–H groups in total. The molecule has 0 bridgehead atoms. The number of ether oxygens (including phenoxy) is 1. The molecule has 20 heavy (non-hydrogen) atoms. The van der Waals surface area contributed by atoms with Crippen LogP contribution < -0.4 is 5.56 Å². The number of hydrogen-bond acceptors (Lipinski definition) is 4. The number of rotatable bonds is 3. The largest absolute Gasteiger partial charge is 0.469 e. The molecule has 5 heteroatoms. The van der Waals surface area contributed by atoms with Crippen LogP contribution in [0.3, 0.4) is 0 Å². The van der Waals surface area contributed by atoms with Gasteiger partial charge in [-0.15, -0.1) is 0 Å². The molecule has 0 aliphatic rings. The highest BCUT2D eigenvalue weighted by molar-refractivity contribution is 5.79. The number of benzene rings is 1. The predicted octanol–water partition coefficient (Wildman–Crippen LogP) is 1.97. The molecule has 106 valence electrons. The Kier molecular flexibility index (Phi) is 3.61. The van der Waals surface area contributed by atoms with Gasteiger partial charge in [-0.25, -0.2) is 4.98 Å². The van der Waals surface area contributed by atoms with Crippen LogP contribution >= 0.6 is 0 Å². The Morgan fingerprint density at radius 2 is 2.10 bits per heavy atom. The van der Waals surface area contributed by atoms with E-state index in [9.17, 15) is 9.59 Å². The minimum Gasteiger partial charge on any atom is -0.469 e. The van der Waals surface area contributed by atoms with E-state index in [-0.39, 0.29) is 11.5 Å². The average molecular weight is 274 g/mol. The standard InChI is InChI=1S/C15H18N2O3/c1-9-16-12-6-5-10(7-11(12)13(18)17-9)8-15(2,3)14(19)20-4/h5-7H,8H2,1-4H3,(H,16,17,18). The minimum atomic E-state index is -0.632. The van der Waals surface area contributed by atoms with E-state index in [2.05, 4.69) is 9.97 Å². The van der Waals surface area contributed by atoms with E-state index in [1.807, 2.05) is 19.9 Å². The molecular weight excluding hydrogens is 256 g/mol. The van der Waals surface area contributed by atoms with Crippen molar-refractivity contribution in [2.24, 2.45) is 5.41 Å². The minimum absolute atomic E-state index is 0.162. The Balaban J connectivity index is 2.43. The summed E-state index contributed by atoms with van der Waals surface area (Å²) < 4.78 is 4.79. The van der Waals surface area contributed by atoms with Crippen molar-refractivity contribution >= 4 is 16.9 Å². The van der Waals surface area contributed by atoms with Crippen LogP contribution in [0.4, 0.5) is 0 Å². The van der Waals surface area contributed by atoms with Gasteiger partial charge in [0, 0.05) is 0 Å². The molecule has 0 aliphatic carbocycles. The van der Waals surface area contributed by atoms with Gasteiger partial charge in [0.25, 0.3) is 5.56 Å². The molecule has 0 radical (unpaired) electrons. The monoisotopic (exact) mass is 274 g/mol. The number of H-pyrrole nitrogens is 1. The summed E-state index contributed by atoms with van der Waals surface area (Å²) in [5.41, 5.74) is 0.771. The summed E-state index contributed by atoms with van der Waals surface area (Å²) >= 11 is 0. The lowest BCUT2D eigenvalue weighted by Crippen LogP contribution is -2.28. The lowest BCUT2D eigenvalue weighted by Gasteiger charge is -2.21. The molecule has 0 amide bonds. The third-order valence-corrected chi connectivity index (χ3v) is 3.27. The molecular formula is C15H18N2O3. The fourth-order valence-electron chi connectivity index (χ4n) is 2.27. The molecule has 5 nitrogen and oxygen atoms in total. The van der Waals surface area contributed by atoms with Crippen LogP contribution in [-0.2, 0) is 16.0 Å². The van der Waals surface area contributed by atoms with Crippen molar-refractivity contribution in [1.29, 1.82) is 0 Å². The number of aromatic nitrogens is 2. The van der Waals surface area contributed by atoms with Gasteiger partial charge in [-0.1, -0.05) is 6.07 Å². The summed E-state index contributed by atoms with van der Waals surface area (Å²) in [5, 5.41) is 0.536.